The van der Waals surface area contributed by atoms with E-state index in [1.165, 1.54) is 0 Å². The van der Waals surface area contributed by atoms with Crippen LogP contribution >= 0.6 is 0 Å². The molecule has 1 nitrogen and oxygen atoms in total. The second kappa shape index (κ2) is 3.54. The molecule has 1 radical (unpaired) electrons. The van der Waals surface area contributed by atoms with Crippen LogP contribution in [0.15, 0.2) is 48.5 Å². The van der Waals surface area contributed by atoms with Crippen molar-refractivity contribution >= 4 is 0 Å². The van der Waals surface area contributed by atoms with Gasteiger partial charge in [0.25, 0.3) is 0 Å². The lowest BCUT2D eigenvalue weighted by molar-refractivity contribution is 0.475. The van der Waals surface area contributed by atoms with Crippen LogP contribution in [0.1, 0.15) is 5.56 Å². The minimum absolute atomic E-state index is 0.289. The highest BCUT2D eigenvalue weighted by molar-refractivity contribution is 5.65. The Morgan fingerprint density at radius 2 is 1.50 bits per heavy atom. The quantitative estimate of drug-likeness (QED) is 0.719. The van der Waals surface area contributed by atoms with E-state index in [0.29, 0.717) is 0 Å². The molecule has 0 aliphatic heterocycles. The smallest absolute Gasteiger partial charge is 0.116 e. The Morgan fingerprint density at radius 3 is 2.14 bits per heavy atom. The maximum atomic E-state index is 9.33. The van der Waals surface area contributed by atoms with Gasteiger partial charge in [0.05, 0.1) is 0 Å². The Balaban J connectivity index is 2.49. The molecule has 0 aliphatic carbocycles. The number of benzene rings is 2. The molecule has 69 valence electrons. The summed E-state index contributed by atoms with van der Waals surface area (Å²) in [4.78, 5) is 0. The molecule has 0 amide bonds. The van der Waals surface area contributed by atoms with Gasteiger partial charge in [0.1, 0.15) is 5.75 Å². The molecule has 2 aromatic carbocycles. The number of hydrogen-bond acceptors (Lipinski definition) is 1. The van der Waals surface area contributed by atoms with Gasteiger partial charge in [-0.15, -0.1) is 0 Å². The van der Waals surface area contributed by atoms with E-state index in [-0.39, 0.29) is 5.75 Å². The maximum absolute atomic E-state index is 9.33. The van der Waals surface area contributed by atoms with Crippen LogP contribution in [-0.2, 0) is 0 Å². The molecule has 14 heavy (non-hydrogen) atoms. The van der Waals surface area contributed by atoms with Crippen molar-refractivity contribution in [2.24, 2.45) is 0 Å². The first kappa shape index (κ1) is 8.82. The first-order valence-electron chi connectivity index (χ1n) is 4.47. The number of hydrogen-bond donors (Lipinski definition) is 1. The van der Waals surface area contributed by atoms with Gasteiger partial charge < -0.3 is 5.11 Å². The summed E-state index contributed by atoms with van der Waals surface area (Å²) in [7, 11) is 0. The summed E-state index contributed by atoms with van der Waals surface area (Å²) in [5.41, 5.74) is 3.06. The topological polar surface area (TPSA) is 20.2 Å². The predicted molar refractivity (Wildman–Crippen MR) is 58.0 cm³/mol. The van der Waals surface area contributed by atoms with Crippen molar-refractivity contribution in [3.8, 4) is 16.9 Å². The van der Waals surface area contributed by atoms with Gasteiger partial charge in [0, 0.05) is 0 Å². The van der Waals surface area contributed by atoms with Crippen LogP contribution in [0.4, 0.5) is 0 Å². The molecule has 0 fully saturated rings. The molecular formula is C13H11O. The summed E-state index contributed by atoms with van der Waals surface area (Å²) in [5.74, 6) is 0.289. The first-order valence-corrected chi connectivity index (χ1v) is 4.47. The first-order chi connectivity index (χ1) is 6.75. The molecule has 0 saturated heterocycles. The Bertz CT molecular complexity index is 403. The highest BCUT2D eigenvalue weighted by atomic mass is 16.3. The Hall–Kier alpha value is -1.76. The van der Waals surface area contributed by atoms with Crippen molar-refractivity contribution in [2.75, 3.05) is 0 Å². The Kier molecular flexibility index (Phi) is 2.23. The predicted octanol–water partition coefficient (Wildman–Crippen LogP) is 3.24. The van der Waals surface area contributed by atoms with Crippen molar-refractivity contribution in [3.05, 3.63) is 61.0 Å². The summed E-state index contributed by atoms with van der Waals surface area (Å²) in [6.45, 7) is 3.87. The number of phenolic OH excluding ortho intramolecular Hbond substituents is 1. The van der Waals surface area contributed by atoms with E-state index in [9.17, 15) is 5.11 Å². The highest BCUT2D eigenvalue weighted by Gasteiger charge is 1.97. The van der Waals surface area contributed by atoms with E-state index in [0.717, 1.165) is 16.7 Å². The number of phenols is 1. The zero-order valence-electron chi connectivity index (χ0n) is 7.77. The van der Waals surface area contributed by atoms with Gasteiger partial charge in [-0.25, -0.2) is 0 Å². The molecule has 1 heteroatoms. The molecule has 1 N–H and O–H groups in total. The second-order valence-electron chi connectivity index (χ2n) is 3.25. The van der Waals surface area contributed by atoms with Gasteiger partial charge in [-0.1, -0.05) is 36.4 Å². The molecule has 0 saturated carbocycles. The fourth-order valence-electron chi connectivity index (χ4n) is 1.44. The van der Waals surface area contributed by atoms with Crippen molar-refractivity contribution in [3.63, 3.8) is 0 Å². The maximum Gasteiger partial charge on any atom is 0.116 e. The lowest BCUT2D eigenvalue weighted by atomic mass is 10.0. The summed E-state index contributed by atoms with van der Waals surface area (Å²) in [5, 5.41) is 9.33. The van der Waals surface area contributed by atoms with E-state index in [2.05, 4.69) is 6.92 Å². The molecule has 2 aromatic rings. The minimum atomic E-state index is 0.289. The Morgan fingerprint density at radius 1 is 0.857 bits per heavy atom. The van der Waals surface area contributed by atoms with Crippen LogP contribution in [-0.4, -0.2) is 5.11 Å². The summed E-state index contributed by atoms with van der Waals surface area (Å²) in [6.07, 6.45) is 0. The van der Waals surface area contributed by atoms with Crippen LogP contribution in [0.5, 0.6) is 5.75 Å². The molecule has 0 unspecified atom stereocenters. The van der Waals surface area contributed by atoms with Crippen LogP contribution < -0.4 is 0 Å². The summed E-state index contributed by atoms with van der Waals surface area (Å²) < 4.78 is 0. The lowest BCUT2D eigenvalue weighted by Gasteiger charge is -2.02. The van der Waals surface area contributed by atoms with Gasteiger partial charge in [0.15, 0.2) is 0 Å². The minimum Gasteiger partial charge on any atom is -0.508 e. The number of rotatable bonds is 1. The third-order valence-corrected chi connectivity index (χ3v) is 2.11. The fraction of sp³-hybridized carbons (Fsp3) is 0. The van der Waals surface area contributed by atoms with E-state index >= 15 is 0 Å². The van der Waals surface area contributed by atoms with E-state index in [1.54, 1.807) is 12.1 Å². The van der Waals surface area contributed by atoms with Gasteiger partial charge >= 0.3 is 0 Å². The van der Waals surface area contributed by atoms with Crippen molar-refractivity contribution in [1.82, 2.24) is 0 Å². The average molecular weight is 183 g/mol. The molecule has 0 aromatic heterocycles. The SMILES string of the molecule is [CH2]c1cccc(-c2cccc(O)c2)c1. The molecule has 0 heterocycles. The van der Waals surface area contributed by atoms with Crippen molar-refractivity contribution < 1.29 is 5.11 Å². The van der Waals surface area contributed by atoms with Crippen LogP contribution in [0, 0.1) is 6.92 Å². The molecule has 0 aliphatic rings. The number of aromatic hydroxyl groups is 1. The zero-order valence-corrected chi connectivity index (χ0v) is 7.77. The largest absolute Gasteiger partial charge is 0.508 e. The van der Waals surface area contributed by atoms with Gasteiger partial charge in [-0.3, -0.25) is 0 Å². The molecular weight excluding hydrogens is 172 g/mol. The summed E-state index contributed by atoms with van der Waals surface area (Å²) in [6, 6.07) is 15.1. The molecule has 0 bridgehead atoms. The average Bonchev–Trinajstić information content (AvgIpc) is 2.18. The van der Waals surface area contributed by atoms with Crippen molar-refractivity contribution in [2.45, 2.75) is 0 Å². The molecule has 0 atom stereocenters. The van der Waals surface area contributed by atoms with E-state index in [4.69, 9.17) is 0 Å². The van der Waals surface area contributed by atoms with Gasteiger partial charge in [-0.2, -0.15) is 0 Å². The van der Waals surface area contributed by atoms with E-state index < -0.39 is 0 Å². The van der Waals surface area contributed by atoms with Crippen LogP contribution in [0.25, 0.3) is 11.1 Å². The zero-order chi connectivity index (χ0) is 9.97. The Labute approximate surface area is 83.6 Å². The third-order valence-electron chi connectivity index (χ3n) is 2.11. The third kappa shape index (κ3) is 1.77. The standard InChI is InChI=1S/C13H11O/c1-10-4-2-5-11(8-10)12-6-3-7-13(14)9-12/h2-9,14H,1H2. The summed E-state index contributed by atoms with van der Waals surface area (Å²) >= 11 is 0. The molecule has 0 spiro atoms. The van der Waals surface area contributed by atoms with Gasteiger partial charge in [-0.05, 0) is 35.7 Å². The fourth-order valence-corrected chi connectivity index (χ4v) is 1.44. The normalized spacial score (nSPS) is 10.1. The van der Waals surface area contributed by atoms with Crippen LogP contribution in [0.3, 0.4) is 0 Å². The lowest BCUT2D eigenvalue weighted by Crippen LogP contribution is -1.78. The van der Waals surface area contributed by atoms with Gasteiger partial charge in [0.2, 0.25) is 0 Å². The highest BCUT2D eigenvalue weighted by Crippen LogP contribution is 2.23. The second-order valence-corrected chi connectivity index (χ2v) is 3.25. The molecule has 2 rings (SSSR count). The van der Waals surface area contributed by atoms with Crippen molar-refractivity contribution in [1.29, 1.82) is 0 Å². The van der Waals surface area contributed by atoms with E-state index in [1.807, 2.05) is 36.4 Å². The monoisotopic (exact) mass is 183 g/mol. The van der Waals surface area contributed by atoms with Crippen LogP contribution in [0.2, 0.25) is 0 Å².